The maximum atomic E-state index is 12.1. The summed E-state index contributed by atoms with van der Waals surface area (Å²) in [7, 11) is 3.10. The minimum absolute atomic E-state index is 0.183. The fourth-order valence-corrected chi connectivity index (χ4v) is 2.47. The van der Waals surface area contributed by atoms with Crippen molar-refractivity contribution in [2.24, 2.45) is 5.73 Å². The zero-order valence-corrected chi connectivity index (χ0v) is 12.9. The monoisotopic (exact) mass is 307 g/mol. The number of methoxy groups -OCH3 is 2. The number of anilines is 1. The van der Waals surface area contributed by atoms with Crippen LogP contribution in [0, 0.1) is 0 Å². The fourth-order valence-electron chi connectivity index (χ4n) is 1.71. The van der Waals surface area contributed by atoms with Crippen LogP contribution in [-0.2, 0) is 0 Å². The van der Waals surface area contributed by atoms with Gasteiger partial charge in [0.2, 0.25) is 0 Å². The molecule has 1 atom stereocenters. The molecule has 0 aliphatic rings. The second-order valence-electron chi connectivity index (χ2n) is 4.38. The molecular weight excluding hydrogens is 290 g/mol. The molecule has 0 fully saturated rings. The van der Waals surface area contributed by atoms with Gasteiger partial charge in [-0.15, -0.1) is 11.3 Å². The quantitative estimate of drug-likeness (QED) is 0.886. The van der Waals surface area contributed by atoms with Gasteiger partial charge in [0.15, 0.2) is 11.5 Å². The van der Waals surface area contributed by atoms with Crippen molar-refractivity contribution in [1.29, 1.82) is 0 Å². The van der Waals surface area contributed by atoms with Crippen LogP contribution in [0.1, 0.15) is 28.5 Å². The highest BCUT2D eigenvalue weighted by Gasteiger charge is 2.14. The van der Waals surface area contributed by atoms with Crippen molar-refractivity contribution in [2.75, 3.05) is 19.5 Å². The molecule has 1 unspecified atom stereocenters. The van der Waals surface area contributed by atoms with Gasteiger partial charge in [0.25, 0.3) is 5.91 Å². The highest BCUT2D eigenvalue weighted by atomic mass is 32.1. The van der Waals surface area contributed by atoms with E-state index in [0.29, 0.717) is 22.9 Å². The van der Waals surface area contributed by atoms with E-state index in [9.17, 15) is 4.79 Å². The molecule has 1 aromatic heterocycles. The molecule has 1 heterocycles. The lowest BCUT2D eigenvalue weighted by Gasteiger charge is -2.10. The van der Waals surface area contributed by atoms with Crippen molar-refractivity contribution >= 4 is 22.9 Å². The Kier molecular flexibility index (Phi) is 4.77. The minimum atomic E-state index is -0.287. The highest BCUT2D eigenvalue weighted by molar-refractivity contribution is 7.09. The van der Waals surface area contributed by atoms with Gasteiger partial charge >= 0.3 is 0 Å². The van der Waals surface area contributed by atoms with Gasteiger partial charge in [-0.3, -0.25) is 4.79 Å². The summed E-state index contributed by atoms with van der Waals surface area (Å²) in [5, 5.41) is 5.18. The third kappa shape index (κ3) is 3.50. The Morgan fingerprint density at radius 2 is 2.05 bits per heavy atom. The van der Waals surface area contributed by atoms with Gasteiger partial charge in [-0.25, -0.2) is 4.98 Å². The summed E-state index contributed by atoms with van der Waals surface area (Å²) in [6.07, 6.45) is 0. The van der Waals surface area contributed by atoms with E-state index in [4.69, 9.17) is 15.2 Å². The SMILES string of the molecule is COc1ccc(NC(=O)c2csc(C(C)N)n2)cc1OC. The predicted octanol–water partition coefficient (Wildman–Crippen LogP) is 2.43. The fraction of sp³-hybridized carbons (Fsp3) is 0.286. The van der Waals surface area contributed by atoms with E-state index in [1.165, 1.54) is 11.3 Å². The van der Waals surface area contributed by atoms with Crippen LogP contribution in [0.2, 0.25) is 0 Å². The summed E-state index contributed by atoms with van der Waals surface area (Å²) in [6, 6.07) is 4.97. The summed E-state index contributed by atoms with van der Waals surface area (Å²) in [4.78, 5) is 16.3. The predicted molar refractivity (Wildman–Crippen MR) is 82.2 cm³/mol. The van der Waals surface area contributed by atoms with E-state index >= 15 is 0 Å². The number of benzene rings is 1. The van der Waals surface area contributed by atoms with E-state index in [1.807, 2.05) is 6.92 Å². The molecule has 1 aromatic carbocycles. The van der Waals surface area contributed by atoms with Crippen molar-refractivity contribution in [3.8, 4) is 11.5 Å². The molecule has 2 rings (SSSR count). The average Bonchev–Trinajstić information content (AvgIpc) is 2.97. The summed E-state index contributed by atoms with van der Waals surface area (Å²) in [6.45, 7) is 1.83. The molecular formula is C14H17N3O3S. The van der Waals surface area contributed by atoms with Crippen molar-refractivity contribution in [2.45, 2.75) is 13.0 Å². The van der Waals surface area contributed by atoms with Crippen LogP contribution in [0.4, 0.5) is 5.69 Å². The van der Waals surface area contributed by atoms with Gasteiger partial charge in [-0.05, 0) is 19.1 Å². The molecule has 112 valence electrons. The van der Waals surface area contributed by atoms with Crippen LogP contribution in [-0.4, -0.2) is 25.1 Å². The second-order valence-corrected chi connectivity index (χ2v) is 5.27. The van der Waals surface area contributed by atoms with Crippen LogP contribution < -0.4 is 20.5 Å². The number of thiazole rings is 1. The van der Waals surface area contributed by atoms with Crippen molar-refractivity contribution in [1.82, 2.24) is 4.98 Å². The first-order chi connectivity index (χ1) is 10.0. The zero-order valence-electron chi connectivity index (χ0n) is 12.0. The molecule has 0 aliphatic heterocycles. The molecule has 0 aliphatic carbocycles. The Morgan fingerprint density at radius 1 is 1.33 bits per heavy atom. The van der Waals surface area contributed by atoms with Crippen LogP contribution in [0.3, 0.4) is 0 Å². The molecule has 2 aromatic rings. The van der Waals surface area contributed by atoms with Crippen molar-refractivity contribution in [3.05, 3.63) is 34.3 Å². The number of nitrogens with two attached hydrogens (primary N) is 1. The van der Waals surface area contributed by atoms with Gasteiger partial charge in [-0.2, -0.15) is 0 Å². The van der Waals surface area contributed by atoms with Crippen LogP contribution in [0.15, 0.2) is 23.6 Å². The maximum absolute atomic E-state index is 12.1. The Morgan fingerprint density at radius 3 is 2.62 bits per heavy atom. The normalized spacial score (nSPS) is 11.8. The van der Waals surface area contributed by atoms with Crippen LogP contribution in [0.5, 0.6) is 11.5 Å². The molecule has 0 bridgehead atoms. The topological polar surface area (TPSA) is 86.5 Å². The van der Waals surface area contributed by atoms with Crippen molar-refractivity contribution < 1.29 is 14.3 Å². The molecule has 0 radical (unpaired) electrons. The second kappa shape index (κ2) is 6.55. The van der Waals surface area contributed by atoms with Crippen LogP contribution in [0.25, 0.3) is 0 Å². The van der Waals surface area contributed by atoms with Gasteiger partial charge in [0.05, 0.1) is 20.3 Å². The van der Waals surface area contributed by atoms with Gasteiger partial charge < -0.3 is 20.5 Å². The first kappa shape index (κ1) is 15.3. The largest absolute Gasteiger partial charge is 0.493 e. The maximum Gasteiger partial charge on any atom is 0.275 e. The number of nitrogens with zero attached hydrogens (tertiary/aromatic N) is 1. The third-order valence-corrected chi connectivity index (χ3v) is 3.83. The number of rotatable bonds is 5. The summed E-state index contributed by atoms with van der Waals surface area (Å²) in [5.41, 5.74) is 6.69. The number of aromatic nitrogens is 1. The molecule has 7 heteroatoms. The number of carbonyl (C=O) groups excluding carboxylic acids is 1. The van der Waals surface area contributed by atoms with Gasteiger partial charge in [0, 0.05) is 17.1 Å². The Labute approximate surface area is 126 Å². The third-order valence-electron chi connectivity index (χ3n) is 2.79. The molecule has 0 spiro atoms. The number of hydrogen-bond acceptors (Lipinski definition) is 6. The summed E-state index contributed by atoms with van der Waals surface area (Å²) in [5.74, 6) is 0.860. The molecule has 3 N–H and O–H groups in total. The molecule has 1 amide bonds. The van der Waals surface area contributed by atoms with E-state index in [0.717, 1.165) is 5.01 Å². The lowest BCUT2D eigenvalue weighted by Crippen LogP contribution is -2.13. The van der Waals surface area contributed by atoms with Gasteiger partial charge in [0.1, 0.15) is 10.7 Å². The number of ether oxygens (including phenoxy) is 2. The number of amides is 1. The smallest absolute Gasteiger partial charge is 0.275 e. The lowest BCUT2D eigenvalue weighted by atomic mass is 10.2. The average molecular weight is 307 g/mol. The van der Waals surface area contributed by atoms with E-state index < -0.39 is 0 Å². The molecule has 0 saturated heterocycles. The lowest BCUT2D eigenvalue weighted by molar-refractivity contribution is 0.102. The minimum Gasteiger partial charge on any atom is -0.493 e. The van der Waals surface area contributed by atoms with E-state index in [1.54, 1.807) is 37.8 Å². The Balaban J connectivity index is 2.15. The first-order valence-electron chi connectivity index (χ1n) is 6.29. The van der Waals surface area contributed by atoms with E-state index in [2.05, 4.69) is 10.3 Å². The molecule has 21 heavy (non-hydrogen) atoms. The molecule has 6 nitrogen and oxygen atoms in total. The number of nitrogens with one attached hydrogen (secondary N) is 1. The molecule has 0 saturated carbocycles. The Hall–Kier alpha value is -2.12. The highest BCUT2D eigenvalue weighted by Crippen LogP contribution is 2.30. The van der Waals surface area contributed by atoms with E-state index in [-0.39, 0.29) is 11.9 Å². The van der Waals surface area contributed by atoms with Crippen LogP contribution >= 0.6 is 11.3 Å². The first-order valence-corrected chi connectivity index (χ1v) is 7.17. The zero-order chi connectivity index (χ0) is 15.4. The van der Waals surface area contributed by atoms with Gasteiger partial charge in [-0.1, -0.05) is 0 Å². The summed E-state index contributed by atoms with van der Waals surface area (Å²) >= 11 is 1.37. The summed E-state index contributed by atoms with van der Waals surface area (Å²) < 4.78 is 10.3. The number of hydrogen-bond donors (Lipinski definition) is 2. The van der Waals surface area contributed by atoms with Crippen molar-refractivity contribution in [3.63, 3.8) is 0 Å². The Bertz CT molecular complexity index is 640. The standard InChI is InChI=1S/C14H17N3O3S/c1-8(15)14-17-10(7-21-14)13(18)16-9-4-5-11(19-2)12(6-9)20-3/h4-8H,15H2,1-3H3,(H,16,18). The number of carbonyl (C=O) groups is 1.